The SMILES string of the molecule is CCc1ccccc1NC(=O)CS(=O)(=O)CCCc1ccccc1. The molecule has 0 heterocycles. The van der Waals surface area contributed by atoms with E-state index in [2.05, 4.69) is 5.32 Å². The summed E-state index contributed by atoms with van der Waals surface area (Å²) in [6.07, 6.45) is 1.99. The molecule has 4 nitrogen and oxygen atoms in total. The smallest absolute Gasteiger partial charge is 0.239 e. The number of benzene rings is 2. The Morgan fingerprint density at radius 1 is 1.00 bits per heavy atom. The molecule has 0 unspecified atom stereocenters. The fraction of sp³-hybridized carbons (Fsp3) is 0.316. The van der Waals surface area contributed by atoms with Crippen LogP contribution in [0.15, 0.2) is 54.6 Å². The number of carbonyl (C=O) groups is 1. The van der Waals surface area contributed by atoms with E-state index >= 15 is 0 Å². The lowest BCUT2D eigenvalue weighted by Gasteiger charge is -2.10. The van der Waals surface area contributed by atoms with Gasteiger partial charge in [0.25, 0.3) is 0 Å². The summed E-state index contributed by atoms with van der Waals surface area (Å²) in [4.78, 5) is 12.0. The lowest BCUT2D eigenvalue weighted by Crippen LogP contribution is -2.25. The van der Waals surface area contributed by atoms with E-state index in [-0.39, 0.29) is 5.75 Å². The molecule has 5 heteroatoms. The van der Waals surface area contributed by atoms with Gasteiger partial charge in [-0.05, 0) is 36.5 Å². The second-order valence-corrected chi connectivity index (χ2v) is 7.92. The first kappa shape index (κ1) is 18.2. The largest absolute Gasteiger partial charge is 0.325 e. The Labute approximate surface area is 143 Å². The predicted octanol–water partition coefficient (Wildman–Crippen LogP) is 3.24. The number of sulfone groups is 1. The number of aryl methyl sites for hydroxylation is 2. The van der Waals surface area contributed by atoms with Crippen LogP contribution in [0, 0.1) is 0 Å². The van der Waals surface area contributed by atoms with Crippen LogP contribution >= 0.6 is 0 Å². The maximum absolute atomic E-state index is 12.1. The molecule has 2 rings (SSSR count). The van der Waals surface area contributed by atoms with Crippen molar-refractivity contribution >= 4 is 21.4 Å². The van der Waals surface area contributed by atoms with Gasteiger partial charge < -0.3 is 5.32 Å². The standard InChI is InChI=1S/C19H23NO3S/c1-2-17-12-6-7-13-18(17)20-19(21)15-24(22,23)14-8-11-16-9-4-3-5-10-16/h3-7,9-10,12-13H,2,8,11,14-15H2,1H3,(H,20,21). The fourth-order valence-electron chi connectivity index (χ4n) is 2.55. The maximum atomic E-state index is 12.1. The van der Waals surface area contributed by atoms with Crippen molar-refractivity contribution < 1.29 is 13.2 Å². The van der Waals surface area contributed by atoms with Crippen molar-refractivity contribution in [2.45, 2.75) is 26.2 Å². The molecule has 2 aromatic rings. The molecule has 24 heavy (non-hydrogen) atoms. The molecule has 0 radical (unpaired) electrons. The lowest BCUT2D eigenvalue weighted by atomic mass is 10.1. The van der Waals surface area contributed by atoms with E-state index in [4.69, 9.17) is 0 Å². The summed E-state index contributed by atoms with van der Waals surface area (Å²) in [7, 11) is -3.40. The van der Waals surface area contributed by atoms with E-state index in [9.17, 15) is 13.2 Å². The van der Waals surface area contributed by atoms with E-state index in [1.165, 1.54) is 0 Å². The Balaban J connectivity index is 1.85. The first-order chi connectivity index (χ1) is 11.5. The van der Waals surface area contributed by atoms with Crippen LogP contribution in [0.3, 0.4) is 0 Å². The Bertz CT molecular complexity index is 770. The second kappa shape index (κ2) is 8.64. The average molecular weight is 345 g/mol. The molecule has 128 valence electrons. The number of carbonyl (C=O) groups excluding carboxylic acids is 1. The molecule has 0 saturated heterocycles. The van der Waals surface area contributed by atoms with Gasteiger partial charge in [0.1, 0.15) is 5.75 Å². The molecule has 1 N–H and O–H groups in total. The number of hydrogen-bond donors (Lipinski definition) is 1. The highest BCUT2D eigenvalue weighted by Crippen LogP contribution is 2.15. The van der Waals surface area contributed by atoms with Gasteiger partial charge >= 0.3 is 0 Å². The van der Waals surface area contributed by atoms with Gasteiger partial charge in [0.15, 0.2) is 9.84 Å². The van der Waals surface area contributed by atoms with Crippen molar-refractivity contribution in [3.05, 3.63) is 65.7 Å². The Kier molecular flexibility index (Phi) is 6.55. The summed E-state index contributed by atoms with van der Waals surface area (Å²) in [5.41, 5.74) is 2.78. The number of anilines is 1. The summed E-state index contributed by atoms with van der Waals surface area (Å²) < 4.78 is 24.2. The van der Waals surface area contributed by atoms with Gasteiger partial charge in [0.05, 0.1) is 5.75 Å². The zero-order valence-electron chi connectivity index (χ0n) is 13.9. The summed E-state index contributed by atoms with van der Waals surface area (Å²) >= 11 is 0. The highest BCUT2D eigenvalue weighted by Gasteiger charge is 2.17. The summed E-state index contributed by atoms with van der Waals surface area (Å²) in [5, 5.41) is 2.71. The molecule has 0 saturated carbocycles. The van der Waals surface area contributed by atoms with Gasteiger partial charge in [-0.1, -0.05) is 55.5 Å². The fourth-order valence-corrected chi connectivity index (χ4v) is 3.75. The minimum atomic E-state index is -3.40. The molecule has 0 aromatic heterocycles. The lowest BCUT2D eigenvalue weighted by molar-refractivity contribution is -0.113. The predicted molar refractivity (Wildman–Crippen MR) is 97.9 cm³/mol. The van der Waals surface area contributed by atoms with Gasteiger partial charge in [-0.15, -0.1) is 0 Å². The van der Waals surface area contributed by atoms with Crippen LogP contribution in [0.2, 0.25) is 0 Å². The van der Waals surface area contributed by atoms with Crippen molar-refractivity contribution in [3.8, 4) is 0 Å². The van der Waals surface area contributed by atoms with Crippen LogP contribution in [-0.2, 0) is 27.5 Å². The van der Waals surface area contributed by atoms with Crippen LogP contribution < -0.4 is 5.32 Å². The minimum Gasteiger partial charge on any atom is -0.325 e. The molecule has 0 aliphatic rings. The van der Waals surface area contributed by atoms with Crippen molar-refractivity contribution in [1.82, 2.24) is 0 Å². The van der Waals surface area contributed by atoms with Gasteiger partial charge in [0, 0.05) is 5.69 Å². The van der Waals surface area contributed by atoms with Gasteiger partial charge in [0.2, 0.25) is 5.91 Å². The molecule has 0 aliphatic carbocycles. The third-order valence-electron chi connectivity index (χ3n) is 3.79. The van der Waals surface area contributed by atoms with Gasteiger partial charge in [-0.25, -0.2) is 8.42 Å². The topological polar surface area (TPSA) is 63.2 Å². The molecule has 2 aromatic carbocycles. The number of amides is 1. The van der Waals surface area contributed by atoms with Crippen LogP contribution in [0.25, 0.3) is 0 Å². The molecule has 1 amide bonds. The summed E-state index contributed by atoms with van der Waals surface area (Å²) in [6, 6.07) is 17.2. The van der Waals surface area contributed by atoms with Crippen LogP contribution in [0.4, 0.5) is 5.69 Å². The van der Waals surface area contributed by atoms with Gasteiger partial charge in [-0.2, -0.15) is 0 Å². The molecule has 0 fully saturated rings. The normalized spacial score (nSPS) is 11.2. The number of para-hydroxylation sites is 1. The number of nitrogens with one attached hydrogen (secondary N) is 1. The molecule has 0 spiro atoms. The maximum Gasteiger partial charge on any atom is 0.239 e. The van der Waals surface area contributed by atoms with Crippen molar-refractivity contribution in [3.63, 3.8) is 0 Å². The third-order valence-corrected chi connectivity index (χ3v) is 5.40. The first-order valence-corrected chi connectivity index (χ1v) is 9.94. The van der Waals surface area contributed by atoms with Crippen LogP contribution in [0.1, 0.15) is 24.5 Å². The molecule has 0 atom stereocenters. The van der Waals surface area contributed by atoms with Crippen molar-refractivity contribution in [2.24, 2.45) is 0 Å². The quantitative estimate of drug-likeness (QED) is 0.799. The summed E-state index contributed by atoms with van der Waals surface area (Å²) in [5.74, 6) is -0.930. The Morgan fingerprint density at radius 3 is 2.38 bits per heavy atom. The Morgan fingerprint density at radius 2 is 1.67 bits per heavy atom. The average Bonchev–Trinajstić information content (AvgIpc) is 2.55. The molecular formula is C19H23NO3S. The highest BCUT2D eigenvalue weighted by atomic mass is 32.2. The minimum absolute atomic E-state index is 0.0186. The number of rotatable bonds is 8. The highest BCUT2D eigenvalue weighted by molar-refractivity contribution is 7.92. The van der Waals surface area contributed by atoms with E-state index in [1.54, 1.807) is 6.07 Å². The first-order valence-electron chi connectivity index (χ1n) is 8.12. The number of hydrogen-bond acceptors (Lipinski definition) is 3. The van der Waals surface area contributed by atoms with E-state index in [1.807, 2.05) is 55.5 Å². The van der Waals surface area contributed by atoms with Crippen LogP contribution in [-0.4, -0.2) is 25.8 Å². The van der Waals surface area contributed by atoms with E-state index < -0.39 is 21.5 Å². The second-order valence-electron chi connectivity index (χ2n) is 5.74. The van der Waals surface area contributed by atoms with E-state index in [0.29, 0.717) is 18.5 Å². The van der Waals surface area contributed by atoms with Crippen molar-refractivity contribution in [1.29, 1.82) is 0 Å². The molecular weight excluding hydrogens is 322 g/mol. The summed E-state index contributed by atoms with van der Waals surface area (Å²) in [6.45, 7) is 1.99. The molecule has 0 aliphatic heterocycles. The van der Waals surface area contributed by atoms with Crippen molar-refractivity contribution in [2.75, 3.05) is 16.8 Å². The van der Waals surface area contributed by atoms with Crippen LogP contribution in [0.5, 0.6) is 0 Å². The zero-order valence-corrected chi connectivity index (χ0v) is 14.7. The van der Waals surface area contributed by atoms with E-state index in [0.717, 1.165) is 17.5 Å². The third kappa shape index (κ3) is 5.81. The van der Waals surface area contributed by atoms with Gasteiger partial charge in [-0.3, -0.25) is 4.79 Å². The Hall–Kier alpha value is -2.14. The zero-order chi connectivity index (χ0) is 17.4. The monoisotopic (exact) mass is 345 g/mol. The molecule has 0 bridgehead atoms.